The van der Waals surface area contributed by atoms with Gasteiger partial charge >= 0.3 is 0 Å². The smallest absolute Gasteiger partial charge is 0.260 e. The molecule has 6 nitrogen and oxygen atoms in total. The number of amides is 1. The average Bonchev–Trinajstić information content (AvgIpc) is 3.43. The third-order valence-electron chi connectivity index (χ3n) is 4.40. The maximum absolute atomic E-state index is 13.2. The van der Waals surface area contributed by atoms with Gasteiger partial charge < -0.3 is 4.52 Å². The van der Waals surface area contributed by atoms with E-state index in [4.69, 9.17) is 27.7 Å². The van der Waals surface area contributed by atoms with Gasteiger partial charge in [-0.1, -0.05) is 40.5 Å². The number of anilines is 1. The first-order chi connectivity index (χ1) is 15.0. The van der Waals surface area contributed by atoms with Crippen LogP contribution in [0.4, 0.5) is 5.13 Å². The fourth-order valence-electron chi connectivity index (χ4n) is 2.88. The van der Waals surface area contributed by atoms with Crippen LogP contribution in [0.2, 0.25) is 10.0 Å². The Morgan fingerprint density at radius 3 is 2.52 bits per heavy atom. The zero-order chi connectivity index (χ0) is 22.0. The first kappa shape index (κ1) is 21.2. The van der Waals surface area contributed by atoms with Crippen LogP contribution < -0.4 is 4.90 Å². The predicted molar refractivity (Wildman–Crippen MR) is 124 cm³/mol. The second-order valence-electron chi connectivity index (χ2n) is 6.57. The number of aromatic nitrogens is 3. The van der Waals surface area contributed by atoms with Gasteiger partial charge in [-0.3, -0.25) is 9.69 Å². The van der Waals surface area contributed by atoms with Gasteiger partial charge in [0.05, 0.1) is 15.7 Å². The van der Waals surface area contributed by atoms with Crippen molar-refractivity contribution in [3.05, 3.63) is 81.9 Å². The zero-order valence-corrected chi connectivity index (χ0v) is 18.7. The Kier molecular flexibility index (Phi) is 6.18. The Labute approximate surface area is 192 Å². The summed E-state index contributed by atoms with van der Waals surface area (Å²) in [6, 6.07) is 12.3. The largest absolute Gasteiger partial charge is 0.334 e. The summed E-state index contributed by atoms with van der Waals surface area (Å²) in [5.74, 6) is 0.766. The third-order valence-corrected chi connectivity index (χ3v) is 6.00. The molecular weight excluding hydrogens is 455 g/mol. The number of carbonyl (C=O) groups excluding carboxylic acids is 1. The summed E-state index contributed by atoms with van der Waals surface area (Å²) in [5, 5.41) is 7.14. The standard InChI is InChI=1S/C22H16Cl2N4O2S/c1-3-10-28(22-26-19(12-31-22)16-8-9-17(23)18(24)11-16)21(29)15-6-4-14(5-7-15)20-25-13(2)27-30-20/h3-9,11-12H,1,10H2,2H3. The van der Waals surface area contributed by atoms with Gasteiger partial charge in [-0.15, -0.1) is 17.9 Å². The van der Waals surface area contributed by atoms with Crippen LogP contribution in [0, 0.1) is 6.92 Å². The number of hydrogen-bond donors (Lipinski definition) is 0. The van der Waals surface area contributed by atoms with Crippen molar-refractivity contribution < 1.29 is 9.32 Å². The van der Waals surface area contributed by atoms with Gasteiger partial charge in [0.1, 0.15) is 0 Å². The monoisotopic (exact) mass is 470 g/mol. The number of aryl methyl sites for hydroxylation is 1. The molecular formula is C22H16Cl2N4O2S. The van der Waals surface area contributed by atoms with E-state index in [-0.39, 0.29) is 5.91 Å². The Hall–Kier alpha value is -3.00. The second-order valence-corrected chi connectivity index (χ2v) is 8.22. The predicted octanol–water partition coefficient (Wildman–Crippen LogP) is 6.31. The molecule has 0 aliphatic heterocycles. The van der Waals surface area contributed by atoms with Crippen LogP contribution in [0.25, 0.3) is 22.7 Å². The van der Waals surface area contributed by atoms with E-state index in [9.17, 15) is 4.79 Å². The molecule has 0 aliphatic rings. The molecule has 156 valence electrons. The van der Waals surface area contributed by atoms with Gasteiger partial charge in [0, 0.05) is 28.6 Å². The lowest BCUT2D eigenvalue weighted by molar-refractivity contribution is 0.0989. The average molecular weight is 471 g/mol. The van der Waals surface area contributed by atoms with Gasteiger partial charge in [-0.2, -0.15) is 4.98 Å². The maximum atomic E-state index is 13.2. The van der Waals surface area contributed by atoms with E-state index in [0.717, 1.165) is 11.1 Å². The van der Waals surface area contributed by atoms with Crippen molar-refractivity contribution in [2.24, 2.45) is 0 Å². The maximum Gasteiger partial charge on any atom is 0.260 e. The molecule has 0 spiro atoms. The Morgan fingerprint density at radius 2 is 1.87 bits per heavy atom. The first-order valence-electron chi connectivity index (χ1n) is 9.20. The minimum atomic E-state index is -0.191. The van der Waals surface area contributed by atoms with Crippen LogP contribution in [0.15, 0.2) is 65.0 Å². The SMILES string of the molecule is C=CCN(C(=O)c1ccc(-c2nc(C)no2)cc1)c1nc(-c2ccc(Cl)c(Cl)c2)cs1. The lowest BCUT2D eigenvalue weighted by Crippen LogP contribution is -2.30. The molecule has 0 radical (unpaired) electrons. The van der Waals surface area contributed by atoms with E-state index < -0.39 is 0 Å². The summed E-state index contributed by atoms with van der Waals surface area (Å²) in [4.78, 5) is 23.6. The van der Waals surface area contributed by atoms with Crippen molar-refractivity contribution in [1.82, 2.24) is 15.1 Å². The summed E-state index contributed by atoms with van der Waals surface area (Å²) < 4.78 is 5.17. The molecule has 0 saturated heterocycles. The lowest BCUT2D eigenvalue weighted by atomic mass is 10.1. The number of carbonyl (C=O) groups is 1. The van der Waals surface area contributed by atoms with Crippen LogP contribution in [0.5, 0.6) is 0 Å². The van der Waals surface area contributed by atoms with E-state index in [1.54, 1.807) is 54.3 Å². The van der Waals surface area contributed by atoms with Crippen molar-refractivity contribution in [3.63, 3.8) is 0 Å². The van der Waals surface area contributed by atoms with Gasteiger partial charge in [-0.25, -0.2) is 4.98 Å². The Bertz CT molecular complexity index is 1250. The number of halogens is 2. The van der Waals surface area contributed by atoms with Crippen molar-refractivity contribution in [2.75, 3.05) is 11.4 Å². The highest BCUT2D eigenvalue weighted by Gasteiger charge is 2.21. The van der Waals surface area contributed by atoms with E-state index >= 15 is 0 Å². The molecule has 2 aromatic carbocycles. The van der Waals surface area contributed by atoms with Crippen molar-refractivity contribution >= 4 is 45.6 Å². The number of rotatable bonds is 6. The molecule has 0 N–H and O–H groups in total. The highest BCUT2D eigenvalue weighted by atomic mass is 35.5. The van der Waals surface area contributed by atoms with Crippen molar-refractivity contribution in [1.29, 1.82) is 0 Å². The van der Waals surface area contributed by atoms with Crippen LogP contribution in [0.1, 0.15) is 16.2 Å². The molecule has 0 unspecified atom stereocenters. The highest BCUT2D eigenvalue weighted by molar-refractivity contribution is 7.14. The summed E-state index contributed by atoms with van der Waals surface area (Å²) >= 11 is 13.5. The molecule has 2 aromatic heterocycles. The van der Waals surface area contributed by atoms with Crippen molar-refractivity contribution in [3.8, 4) is 22.7 Å². The summed E-state index contributed by atoms with van der Waals surface area (Å²) in [6.07, 6.45) is 1.66. The molecule has 0 fully saturated rings. The fraction of sp³-hybridized carbons (Fsp3) is 0.0909. The second kappa shape index (κ2) is 9.01. The van der Waals surface area contributed by atoms with Gasteiger partial charge in [0.25, 0.3) is 11.8 Å². The van der Waals surface area contributed by atoms with E-state index in [1.165, 1.54) is 11.3 Å². The zero-order valence-electron chi connectivity index (χ0n) is 16.4. The van der Waals surface area contributed by atoms with Gasteiger partial charge in [-0.05, 0) is 43.3 Å². The third kappa shape index (κ3) is 4.54. The molecule has 0 aliphatic carbocycles. The van der Waals surface area contributed by atoms with Crippen LogP contribution in [0.3, 0.4) is 0 Å². The molecule has 0 bridgehead atoms. The first-order valence-corrected chi connectivity index (χ1v) is 10.8. The molecule has 2 heterocycles. The minimum Gasteiger partial charge on any atom is -0.334 e. The molecule has 4 aromatic rings. The summed E-state index contributed by atoms with van der Waals surface area (Å²) in [5.41, 5.74) is 2.78. The van der Waals surface area contributed by atoms with Crippen molar-refractivity contribution in [2.45, 2.75) is 6.92 Å². The highest BCUT2D eigenvalue weighted by Crippen LogP contribution is 2.32. The molecule has 4 rings (SSSR count). The Balaban J connectivity index is 1.60. The number of nitrogens with zero attached hydrogens (tertiary/aromatic N) is 4. The number of benzene rings is 2. The summed E-state index contributed by atoms with van der Waals surface area (Å²) in [6.45, 7) is 5.83. The van der Waals surface area contributed by atoms with Crippen LogP contribution in [-0.4, -0.2) is 27.6 Å². The normalized spacial score (nSPS) is 10.8. The van der Waals surface area contributed by atoms with E-state index in [0.29, 0.717) is 44.7 Å². The van der Waals surface area contributed by atoms with Crippen LogP contribution >= 0.6 is 34.5 Å². The molecule has 31 heavy (non-hydrogen) atoms. The minimum absolute atomic E-state index is 0.191. The van der Waals surface area contributed by atoms with Gasteiger partial charge in [0.15, 0.2) is 11.0 Å². The molecule has 9 heteroatoms. The molecule has 0 saturated carbocycles. The summed E-state index contributed by atoms with van der Waals surface area (Å²) in [7, 11) is 0. The molecule has 0 atom stereocenters. The van der Waals surface area contributed by atoms with Crippen LogP contribution in [-0.2, 0) is 0 Å². The van der Waals surface area contributed by atoms with Gasteiger partial charge in [0.2, 0.25) is 0 Å². The number of hydrogen-bond acceptors (Lipinski definition) is 6. The van der Waals surface area contributed by atoms with E-state index in [1.807, 2.05) is 11.4 Å². The quantitative estimate of drug-likeness (QED) is 0.308. The Morgan fingerprint density at radius 1 is 1.13 bits per heavy atom. The lowest BCUT2D eigenvalue weighted by Gasteiger charge is -2.18. The fourth-order valence-corrected chi connectivity index (χ4v) is 4.02. The van der Waals surface area contributed by atoms with E-state index in [2.05, 4.69) is 21.7 Å². The number of thiazole rings is 1. The molecule has 1 amide bonds. The topological polar surface area (TPSA) is 72.1 Å².